The van der Waals surface area contributed by atoms with E-state index < -0.39 is 11.5 Å². The highest BCUT2D eigenvalue weighted by Gasteiger charge is 2.17. The summed E-state index contributed by atoms with van der Waals surface area (Å²) >= 11 is 9.34. The first-order chi connectivity index (χ1) is 11.0. The molecule has 0 amide bonds. The molecule has 3 rings (SSSR count). The van der Waals surface area contributed by atoms with Crippen LogP contribution >= 0.6 is 27.5 Å². The fourth-order valence-corrected chi connectivity index (χ4v) is 3.06. The van der Waals surface area contributed by atoms with E-state index in [2.05, 4.69) is 20.9 Å². The molecule has 1 heterocycles. The van der Waals surface area contributed by atoms with Crippen LogP contribution in [0.5, 0.6) is 0 Å². The summed E-state index contributed by atoms with van der Waals surface area (Å²) in [6, 6.07) is 12.5. The number of carboxylic acid groups (broad SMARTS) is 1. The van der Waals surface area contributed by atoms with Gasteiger partial charge in [-0.05, 0) is 35.9 Å². The third-order valence-corrected chi connectivity index (χ3v) is 4.28. The quantitative estimate of drug-likeness (QED) is 0.700. The summed E-state index contributed by atoms with van der Waals surface area (Å²) in [5.74, 6) is -1.06. The highest BCUT2D eigenvalue weighted by atomic mass is 79.9. The van der Waals surface area contributed by atoms with Crippen LogP contribution in [0.15, 0.2) is 51.7 Å². The molecule has 0 saturated carbocycles. The summed E-state index contributed by atoms with van der Waals surface area (Å²) < 4.78 is 0.841. The van der Waals surface area contributed by atoms with Crippen molar-refractivity contribution < 1.29 is 9.90 Å². The lowest BCUT2D eigenvalue weighted by atomic mass is 9.95. The van der Waals surface area contributed by atoms with Crippen molar-refractivity contribution >= 4 is 44.4 Å². The van der Waals surface area contributed by atoms with Crippen molar-refractivity contribution in [3.05, 3.63) is 67.9 Å². The largest absolute Gasteiger partial charge is 0.481 e. The van der Waals surface area contributed by atoms with Gasteiger partial charge in [-0.1, -0.05) is 39.7 Å². The molecule has 1 aromatic heterocycles. The van der Waals surface area contributed by atoms with Crippen LogP contribution in [0.2, 0.25) is 5.02 Å². The summed E-state index contributed by atoms with van der Waals surface area (Å²) in [6.45, 7) is 0. The number of halogens is 2. The predicted octanol–water partition coefficient (Wildman–Crippen LogP) is 4.24. The Morgan fingerprint density at radius 2 is 1.87 bits per heavy atom. The molecule has 0 radical (unpaired) electrons. The number of hydrogen-bond acceptors (Lipinski definition) is 2. The van der Waals surface area contributed by atoms with Gasteiger partial charge in [0, 0.05) is 31.5 Å². The number of benzene rings is 2. The van der Waals surface area contributed by atoms with Gasteiger partial charge in [0.05, 0.1) is 6.42 Å². The summed E-state index contributed by atoms with van der Waals surface area (Å²) in [5.41, 5.74) is 1.85. The van der Waals surface area contributed by atoms with Crippen molar-refractivity contribution in [2.75, 3.05) is 0 Å². The number of pyridine rings is 1. The Bertz CT molecular complexity index is 964. The second-order valence-corrected chi connectivity index (χ2v) is 6.43. The number of aliphatic carboxylic acids is 1. The van der Waals surface area contributed by atoms with E-state index in [1.165, 1.54) is 0 Å². The maximum atomic E-state index is 12.4. The molecule has 0 saturated heterocycles. The van der Waals surface area contributed by atoms with E-state index in [-0.39, 0.29) is 12.0 Å². The number of carbonyl (C=O) groups is 1. The van der Waals surface area contributed by atoms with Crippen LogP contribution in [0.1, 0.15) is 5.56 Å². The third-order valence-electron chi connectivity index (χ3n) is 3.54. The lowest BCUT2D eigenvalue weighted by Gasteiger charge is -2.12. The summed E-state index contributed by atoms with van der Waals surface area (Å²) in [6.07, 6.45) is -0.351. The van der Waals surface area contributed by atoms with Crippen molar-refractivity contribution in [3.63, 3.8) is 0 Å². The number of H-pyrrole nitrogens is 1. The van der Waals surface area contributed by atoms with Gasteiger partial charge in [-0.3, -0.25) is 9.59 Å². The van der Waals surface area contributed by atoms with Crippen molar-refractivity contribution in [3.8, 4) is 11.1 Å². The maximum absolute atomic E-state index is 12.4. The first-order valence-electron chi connectivity index (χ1n) is 6.78. The minimum atomic E-state index is -1.06. The number of aromatic amines is 1. The van der Waals surface area contributed by atoms with Gasteiger partial charge in [0.1, 0.15) is 0 Å². The molecule has 0 spiro atoms. The van der Waals surface area contributed by atoms with Crippen molar-refractivity contribution in [1.82, 2.24) is 4.98 Å². The summed E-state index contributed by atoms with van der Waals surface area (Å²) in [7, 11) is 0. The standard InChI is InChI=1S/C17H11BrClNO3/c18-10-3-6-14-12(7-10)16(9-1-4-11(19)5-2-9)13(8-15(21)22)17(23)20-14/h1-7H,8H2,(H,20,23)(H,21,22). The number of aromatic nitrogens is 1. The van der Waals surface area contributed by atoms with Crippen molar-refractivity contribution in [2.45, 2.75) is 6.42 Å². The molecule has 4 nitrogen and oxygen atoms in total. The number of fused-ring (bicyclic) bond motifs is 1. The molecular weight excluding hydrogens is 382 g/mol. The van der Waals surface area contributed by atoms with Crippen molar-refractivity contribution in [1.29, 1.82) is 0 Å². The zero-order chi connectivity index (χ0) is 16.6. The maximum Gasteiger partial charge on any atom is 0.308 e. The van der Waals surface area contributed by atoms with E-state index in [9.17, 15) is 9.59 Å². The van der Waals surface area contributed by atoms with Crippen LogP contribution in [0.4, 0.5) is 0 Å². The van der Waals surface area contributed by atoms with Crippen molar-refractivity contribution in [2.24, 2.45) is 0 Å². The minimum Gasteiger partial charge on any atom is -0.481 e. The van der Waals surface area contributed by atoms with Crippen LogP contribution < -0.4 is 5.56 Å². The second-order valence-electron chi connectivity index (χ2n) is 5.07. The molecule has 0 aliphatic rings. The smallest absolute Gasteiger partial charge is 0.308 e. The molecule has 0 atom stereocenters. The molecule has 6 heteroatoms. The molecule has 0 aliphatic heterocycles. The van der Waals surface area contributed by atoms with Gasteiger partial charge in [-0.2, -0.15) is 0 Å². The molecule has 2 N–H and O–H groups in total. The monoisotopic (exact) mass is 391 g/mol. The molecule has 0 unspecified atom stereocenters. The minimum absolute atomic E-state index is 0.227. The number of hydrogen-bond donors (Lipinski definition) is 2. The highest BCUT2D eigenvalue weighted by Crippen LogP contribution is 2.32. The lowest BCUT2D eigenvalue weighted by molar-refractivity contribution is -0.136. The van der Waals surface area contributed by atoms with Crippen LogP contribution in [0, 0.1) is 0 Å². The first-order valence-corrected chi connectivity index (χ1v) is 7.95. The normalized spacial score (nSPS) is 10.9. The fraction of sp³-hybridized carbons (Fsp3) is 0.0588. The van der Waals surface area contributed by atoms with E-state index >= 15 is 0 Å². The first kappa shape index (κ1) is 15.8. The second kappa shape index (κ2) is 6.18. The van der Waals surface area contributed by atoms with Crippen LogP contribution in [-0.4, -0.2) is 16.1 Å². The zero-order valence-corrected chi connectivity index (χ0v) is 14.1. The Hall–Kier alpha value is -2.11. The Morgan fingerprint density at radius 1 is 1.17 bits per heavy atom. The van der Waals surface area contributed by atoms with Gasteiger partial charge in [0.2, 0.25) is 0 Å². The third kappa shape index (κ3) is 3.16. The predicted molar refractivity (Wildman–Crippen MR) is 94.1 cm³/mol. The van der Waals surface area contributed by atoms with E-state index in [4.69, 9.17) is 16.7 Å². The number of nitrogens with one attached hydrogen (secondary N) is 1. The van der Waals surface area contributed by atoms with Gasteiger partial charge in [0.25, 0.3) is 5.56 Å². The van der Waals surface area contributed by atoms with Crippen LogP contribution in [0.25, 0.3) is 22.0 Å². The number of carboxylic acids is 1. The van der Waals surface area contributed by atoms with Crippen LogP contribution in [-0.2, 0) is 11.2 Å². The van der Waals surface area contributed by atoms with Gasteiger partial charge in [0.15, 0.2) is 0 Å². The Balaban J connectivity index is 2.42. The van der Waals surface area contributed by atoms with Gasteiger partial charge in [-0.25, -0.2) is 0 Å². The highest BCUT2D eigenvalue weighted by molar-refractivity contribution is 9.10. The van der Waals surface area contributed by atoms with E-state index in [1.807, 2.05) is 12.1 Å². The van der Waals surface area contributed by atoms with E-state index in [0.717, 1.165) is 15.4 Å². The molecular formula is C17H11BrClNO3. The van der Waals surface area contributed by atoms with Gasteiger partial charge < -0.3 is 10.1 Å². The Morgan fingerprint density at radius 3 is 2.52 bits per heavy atom. The number of rotatable bonds is 3. The molecule has 0 bridgehead atoms. The van der Waals surface area contributed by atoms with Gasteiger partial charge >= 0.3 is 5.97 Å². The van der Waals surface area contributed by atoms with Crippen LogP contribution in [0.3, 0.4) is 0 Å². The van der Waals surface area contributed by atoms with Gasteiger partial charge in [-0.15, -0.1) is 0 Å². The average molecular weight is 393 g/mol. The lowest BCUT2D eigenvalue weighted by Crippen LogP contribution is -2.18. The zero-order valence-electron chi connectivity index (χ0n) is 11.8. The molecule has 3 aromatic rings. The Labute approximate surface area is 144 Å². The summed E-state index contributed by atoms with van der Waals surface area (Å²) in [5, 5.41) is 10.5. The molecule has 116 valence electrons. The topological polar surface area (TPSA) is 70.2 Å². The van der Waals surface area contributed by atoms with E-state index in [0.29, 0.717) is 16.1 Å². The Kier molecular flexibility index (Phi) is 4.24. The molecule has 23 heavy (non-hydrogen) atoms. The average Bonchev–Trinajstić information content (AvgIpc) is 2.49. The van der Waals surface area contributed by atoms with E-state index in [1.54, 1.807) is 30.3 Å². The summed E-state index contributed by atoms with van der Waals surface area (Å²) in [4.78, 5) is 26.3. The molecule has 2 aromatic carbocycles. The SMILES string of the molecule is O=C(O)Cc1c(-c2ccc(Cl)cc2)c2cc(Br)ccc2[nH]c1=O. The molecule has 0 fully saturated rings. The fourth-order valence-electron chi connectivity index (χ4n) is 2.57. The molecule has 0 aliphatic carbocycles.